The predicted octanol–water partition coefficient (Wildman–Crippen LogP) is 6.98. The molecule has 0 saturated heterocycles. The standard InChI is InChI=1S/C28H49NO7PSi2/c1-12-35-37(31,36-13-2)28(39(9,10)11)29-18-20(3)14-15-22-25(32-5)21(4)23-19-34-27(30)24(23)26(22)33-16-17-38(6,7)8/h14,31H,12-13,15-19H2,1-11H3/q+1. The summed E-state index contributed by atoms with van der Waals surface area (Å²) in [4.78, 5) is 28.9. The number of fused-ring (bicyclic) bond motifs is 1. The quantitative estimate of drug-likeness (QED) is 0.0765. The van der Waals surface area contributed by atoms with Gasteiger partial charge < -0.3 is 14.2 Å². The second kappa shape index (κ2) is 13.9. The SMILES string of the molecule is CCO[P+](O)(OCC)C(=NCC(C)=CCc1c(OC)c(C)c2c(c1OCC[Si](C)(C)C)C(=O)OC2)[Si](C)(C)C. The van der Waals surface area contributed by atoms with Gasteiger partial charge in [-0.3, -0.25) is 0 Å². The van der Waals surface area contributed by atoms with Gasteiger partial charge in [0, 0.05) is 19.2 Å². The van der Waals surface area contributed by atoms with Gasteiger partial charge in [-0.25, -0.2) is 9.79 Å². The number of carbonyl (C=O) groups excluding carboxylic acids is 1. The Morgan fingerprint density at radius 1 is 1.10 bits per heavy atom. The molecule has 0 amide bonds. The van der Waals surface area contributed by atoms with Crippen molar-refractivity contribution in [3.05, 3.63) is 33.9 Å². The molecule has 1 N–H and O–H groups in total. The normalized spacial score (nSPS) is 14.9. The molecular formula is C28H49NO7PSi2+. The highest BCUT2D eigenvalue weighted by molar-refractivity contribution is 7.85. The zero-order chi connectivity index (χ0) is 29.6. The summed E-state index contributed by atoms with van der Waals surface area (Å²) >= 11 is 0. The number of ether oxygens (including phenoxy) is 3. The van der Waals surface area contributed by atoms with E-state index in [4.69, 9.17) is 28.3 Å². The largest absolute Gasteiger partial charge is 0.496 e. The van der Waals surface area contributed by atoms with Crippen molar-refractivity contribution in [1.29, 1.82) is 0 Å². The summed E-state index contributed by atoms with van der Waals surface area (Å²) in [6.07, 6.45) is 2.59. The number of cyclic esters (lactones) is 1. The topological polar surface area (TPSA) is 95.8 Å². The number of hydrogen-bond acceptors (Lipinski definition) is 8. The molecule has 0 saturated carbocycles. The molecule has 39 heavy (non-hydrogen) atoms. The molecule has 0 fully saturated rings. The molecule has 1 aliphatic rings. The van der Waals surface area contributed by atoms with E-state index >= 15 is 0 Å². The van der Waals surface area contributed by atoms with Gasteiger partial charge in [-0.1, -0.05) is 50.9 Å². The molecule has 1 aromatic rings. The van der Waals surface area contributed by atoms with Crippen LogP contribution in [0.15, 0.2) is 16.6 Å². The fourth-order valence-electron chi connectivity index (χ4n) is 4.43. The van der Waals surface area contributed by atoms with E-state index < -0.39 is 24.1 Å². The first-order chi connectivity index (χ1) is 18.1. The van der Waals surface area contributed by atoms with Crippen molar-refractivity contribution in [1.82, 2.24) is 0 Å². The molecule has 8 nitrogen and oxygen atoms in total. The Kier molecular flexibility index (Phi) is 12.0. The van der Waals surface area contributed by atoms with Gasteiger partial charge in [0.05, 0.1) is 33.5 Å². The number of rotatable bonds is 15. The number of esters is 1. The number of carbonyl (C=O) groups is 1. The van der Waals surface area contributed by atoms with Crippen LogP contribution in [0, 0.1) is 6.92 Å². The minimum Gasteiger partial charge on any atom is -0.496 e. The van der Waals surface area contributed by atoms with E-state index in [0.29, 0.717) is 49.2 Å². The second-order valence-electron chi connectivity index (χ2n) is 12.1. The van der Waals surface area contributed by atoms with E-state index in [1.54, 1.807) is 7.11 Å². The maximum Gasteiger partial charge on any atom is 0.454 e. The van der Waals surface area contributed by atoms with E-state index in [-0.39, 0.29) is 12.6 Å². The highest BCUT2D eigenvalue weighted by atomic mass is 31.2. The molecule has 0 radical (unpaired) electrons. The van der Waals surface area contributed by atoms with Gasteiger partial charge in [-0.2, -0.15) is 13.9 Å². The smallest absolute Gasteiger partial charge is 0.454 e. The fraction of sp³-hybridized carbons (Fsp3) is 0.643. The maximum absolute atomic E-state index is 12.8. The lowest BCUT2D eigenvalue weighted by Gasteiger charge is -2.24. The number of benzene rings is 1. The summed E-state index contributed by atoms with van der Waals surface area (Å²) in [5, 5.41) is 0.676. The number of hydrogen-bond donors (Lipinski definition) is 1. The Bertz CT molecular complexity index is 1090. The van der Waals surface area contributed by atoms with Gasteiger partial charge in [-0.15, -0.1) is 0 Å². The van der Waals surface area contributed by atoms with Gasteiger partial charge in [0.2, 0.25) is 5.08 Å². The van der Waals surface area contributed by atoms with E-state index in [1.807, 2.05) is 27.7 Å². The van der Waals surface area contributed by atoms with Crippen molar-refractivity contribution in [3.8, 4) is 11.5 Å². The Morgan fingerprint density at radius 2 is 1.72 bits per heavy atom. The van der Waals surface area contributed by atoms with Gasteiger partial charge >= 0.3 is 13.9 Å². The van der Waals surface area contributed by atoms with Gasteiger partial charge in [0.15, 0.2) is 8.07 Å². The van der Waals surface area contributed by atoms with Crippen molar-refractivity contribution < 1.29 is 32.9 Å². The summed E-state index contributed by atoms with van der Waals surface area (Å²) in [5.74, 6) is 0.940. The number of aliphatic imine (C=N–C) groups is 1. The third-order valence-electron chi connectivity index (χ3n) is 6.40. The van der Waals surface area contributed by atoms with E-state index in [9.17, 15) is 9.69 Å². The van der Waals surface area contributed by atoms with E-state index in [0.717, 1.165) is 34.1 Å². The summed E-state index contributed by atoms with van der Waals surface area (Å²) < 4.78 is 29.1. The van der Waals surface area contributed by atoms with Crippen molar-refractivity contribution in [2.45, 2.75) is 86.0 Å². The van der Waals surface area contributed by atoms with Crippen LogP contribution in [0.2, 0.25) is 45.3 Å². The van der Waals surface area contributed by atoms with Crippen LogP contribution in [0.25, 0.3) is 0 Å². The zero-order valence-corrected chi connectivity index (χ0v) is 28.7. The monoisotopic (exact) mass is 598 g/mol. The van der Waals surface area contributed by atoms with E-state index in [1.165, 1.54) is 0 Å². The van der Waals surface area contributed by atoms with Crippen LogP contribution in [-0.4, -0.2) is 65.6 Å². The van der Waals surface area contributed by atoms with Crippen molar-refractivity contribution in [3.63, 3.8) is 0 Å². The van der Waals surface area contributed by atoms with Crippen molar-refractivity contribution in [2.75, 3.05) is 33.5 Å². The first kappa shape index (κ1) is 33.6. The Labute approximate surface area is 237 Å². The van der Waals surface area contributed by atoms with Crippen LogP contribution in [0.4, 0.5) is 0 Å². The Balaban J connectivity index is 2.47. The third kappa shape index (κ3) is 8.71. The average Bonchev–Trinajstić information content (AvgIpc) is 3.19. The Morgan fingerprint density at radius 3 is 2.23 bits per heavy atom. The minimum atomic E-state index is -3.21. The van der Waals surface area contributed by atoms with E-state index in [2.05, 4.69) is 45.4 Å². The molecular weight excluding hydrogens is 549 g/mol. The van der Waals surface area contributed by atoms with Crippen LogP contribution in [0.5, 0.6) is 11.5 Å². The van der Waals surface area contributed by atoms with Crippen molar-refractivity contribution >= 4 is 35.1 Å². The molecule has 0 aromatic heterocycles. The molecule has 0 spiro atoms. The lowest BCUT2D eigenvalue weighted by Crippen LogP contribution is -2.37. The summed E-state index contributed by atoms with van der Waals surface area (Å²) in [6, 6.07) is 0.973. The average molecular weight is 599 g/mol. The second-order valence-corrected chi connectivity index (χ2v) is 25.1. The predicted molar refractivity (Wildman–Crippen MR) is 166 cm³/mol. The lowest BCUT2D eigenvalue weighted by atomic mass is 9.95. The first-order valence-corrected chi connectivity index (χ1v) is 22.5. The number of allylic oxidation sites excluding steroid dienone is 1. The minimum absolute atomic E-state index is 0.232. The Hall–Kier alpha value is -1.56. The fourth-order valence-corrected chi connectivity index (χ4v) is 10.7. The van der Waals surface area contributed by atoms with Gasteiger partial charge in [0.25, 0.3) is 0 Å². The molecule has 0 bridgehead atoms. The van der Waals surface area contributed by atoms with Crippen LogP contribution in [-0.2, 0) is 26.8 Å². The zero-order valence-electron chi connectivity index (χ0n) is 25.8. The maximum atomic E-state index is 12.8. The van der Waals surface area contributed by atoms with Gasteiger partial charge in [-0.05, 0) is 45.7 Å². The molecule has 1 heterocycles. The van der Waals surface area contributed by atoms with Gasteiger partial charge in [0.1, 0.15) is 23.7 Å². The first-order valence-electron chi connectivity index (χ1n) is 13.7. The third-order valence-corrected chi connectivity index (χ3v) is 14.4. The molecule has 0 aliphatic carbocycles. The summed E-state index contributed by atoms with van der Waals surface area (Å²) in [5.41, 5.74) is 4.11. The van der Waals surface area contributed by atoms with Crippen LogP contribution >= 0.6 is 7.94 Å². The molecule has 1 aromatic carbocycles. The highest BCUT2D eigenvalue weighted by Gasteiger charge is 2.53. The summed E-state index contributed by atoms with van der Waals surface area (Å²) in [6.45, 7) is 22.8. The van der Waals surface area contributed by atoms with Crippen LogP contribution < -0.4 is 9.47 Å². The number of nitrogens with zero attached hydrogens (tertiary/aromatic N) is 1. The molecule has 220 valence electrons. The lowest BCUT2D eigenvalue weighted by molar-refractivity contribution is 0.0532. The highest BCUT2D eigenvalue weighted by Crippen LogP contribution is 2.60. The van der Waals surface area contributed by atoms with Crippen LogP contribution in [0.1, 0.15) is 47.8 Å². The van der Waals surface area contributed by atoms with Crippen LogP contribution in [0.3, 0.4) is 0 Å². The molecule has 2 rings (SSSR count). The number of methoxy groups -OCH3 is 1. The molecule has 0 atom stereocenters. The molecule has 0 unspecified atom stereocenters. The molecule has 1 aliphatic heterocycles. The molecule has 11 heteroatoms. The van der Waals surface area contributed by atoms with Crippen molar-refractivity contribution in [2.24, 2.45) is 4.99 Å². The summed E-state index contributed by atoms with van der Waals surface area (Å²) in [7, 11) is -4.95.